The fourth-order valence-electron chi connectivity index (χ4n) is 4.68. The molecule has 2 aliphatic rings. The van der Waals surface area contributed by atoms with Gasteiger partial charge in [-0.2, -0.15) is 0 Å². The van der Waals surface area contributed by atoms with E-state index in [2.05, 4.69) is 34.1 Å². The minimum atomic E-state index is 0.0460. The third-order valence-electron chi connectivity index (χ3n) is 6.78. The highest BCUT2D eigenvalue weighted by Gasteiger charge is 2.31. The average Bonchev–Trinajstić information content (AvgIpc) is 3.35. The fourth-order valence-corrected chi connectivity index (χ4v) is 4.68. The van der Waals surface area contributed by atoms with Crippen molar-refractivity contribution in [1.29, 1.82) is 0 Å². The maximum Gasteiger partial charge on any atom is 0.230 e. The number of aromatic nitrogens is 1. The number of nitrogens with zero attached hydrogens (tertiary/aromatic N) is 3. The van der Waals surface area contributed by atoms with Crippen LogP contribution in [-0.2, 0) is 17.6 Å². The number of hydrogen-bond donors (Lipinski definition) is 0. The largest absolute Gasteiger partial charge is 0.493 e. The summed E-state index contributed by atoms with van der Waals surface area (Å²) >= 11 is 0. The number of carbonyl (C=O) groups excluding carboxylic acids is 1. The van der Waals surface area contributed by atoms with Crippen LogP contribution in [0.4, 0.5) is 5.69 Å². The number of carbonyl (C=O) groups is 1. The zero-order chi connectivity index (χ0) is 23.3. The molecule has 1 saturated heterocycles. The van der Waals surface area contributed by atoms with Crippen LogP contribution in [-0.4, -0.2) is 54.7 Å². The number of rotatable bonds is 8. The minimum absolute atomic E-state index is 0.0460. The van der Waals surface area contributed by atoms with Crippen molar-refractivity contribution >= 4 is 11.6 Å². The van der Waals surface area contributed by atoms with E-state index in [1.807, 2.05) is 29.2 Å². The van der Waals surface area contributed by atoms with E-state index in [0.29, 0.717) is 12.3 Å². The molecular weight excluding hydrogens is 430 g/mol. The summed E-state index contributed by atoms with van der Waals surface area (Å²) in [5.41, 5.74) is 2.31. The van der Waals surface area contributed by atoms with Gasteiger partial charge in [0.25, 0.3) is 0 Å². The number of oxazole rings is 1. The monoisotopic (exact) mass is 461 g/mol. The number of benzene rings is 2. The highest BCUT2D eigenvalue weighted by atomic mass is 16.5. The van der Waals surface area contributed by atoms with Gasteiger partial charge in [-0.05, 0) is 43.4 Å². The molecule has 2 fully saturated rings. The Morgan fingerprint density at radius 2 is 1.97 bits per heavy atom. The van der Waals surface area contributed by atoms with Gasteiger partial charge in [-0.15, -0.1) is 0 Å². The van der Waals surface area contributed by atoms with Crippen LogP contribution in [0.25, 0.3) is 0 Å². The first-order valence-electron chi connectivity index (χ1n) is 12.0. The second kappa shape index (κ2) is 10.2. The standard InChI is InChI=1S/C27H31N3O4/c1-32-25-11-10-21(15-26(25)34-23-8-5-9-23)29-12-13-30(27(31)16-24-17-28-19-33-24)22(18-29)14-20-6-3-2-4-7-20/h2-4,6-7,10-11,15,17,19,22-23H,5,8-9,12-14,16,18H2,1H3/t22-/m0/s1. The van der Waals surface area contributed by atoms with E-state index >= 15 is 0 Å². The summed E-state index contributed by atoms with van der Waals surface area (Å²) in [6.07, 6.45) is 7.69. The highest BCUT2D eigenvalue weighted by Crippen LogP contribution is 2.36. The summed E-state index contributed by atoms with van der Waals surface area (Å²) in [6.45, 7) is 2.14. The SMILES string of the molecule is COc1ccc(N2CCN(C(=O)Cc3cnco3)[C@@H](Cc3ccccc3)C2)cc1OC1CCC1. The fraction of sp³-hybridized carbons (Fsp3) is 0.407. The second-order valence-corrected chi connectivity index (χ2v) is 9.03. The van der Waals surface area contributed by atoms with Crippen molar-refractivity contribution in [1.82, 2.24) is 9.88 Å². The normalized spacial score (nSPS) is 18.4. The Morgan fingerprint density at radius 3 is 2.68 bits per heavy atom. The van der Waals surface area contributed by atoms with Crippen LogP contribution in [0.2, 0.25) is 0 Å². The smallest absolute Gasteiger partial charge is 0.230 e. The van der Waals surface area contributed by atoms with Gasteiger partial charge >= 0.3 is 0 Å². The maximum atomic E-state index is 13.2. The Morgan fingerprint density at radius 1 is 1.12 bits per heavy atom. The third-order valence-corrected chi connectivity index (χ3v) is 6.78. The molecule has 2 heterocycles. The van der Waals surface area contributed by atoms with Gasteiger partial charge in [0.15, 0.2) is 17.9 Å². The molecule has 0 unspecified atom stereocenters. The van der Waals surface area contributed by atoms with E-state index < -0.39 is 0 Å². The van der Waals surface area contributed by atoms with E-state index in [0.717, 1.165) is 49.5 Å². The number of hydrogen-bond acceptors (Lipinski definition) is 6. The van der Waals surface area contributed by atoms with Gasteiger partial charge in [-0.3, -0.25) is 4.79 Å². The molecule has 3 aromatic rings. The molecule has 7 nitrogen and oxygen atoms in total. The number of amides is 1. The summed E-state index contributed by atoms with van der Waals surface area (Å²) in [7, 11) is 1.68. The number of piperazine rings is 1. The second-order valence-electron chi connectivity index (χ2n) is 9.03. The highest BCUT2D eigenvalue weighted by molar-refractivity contribution is 5.79. The van der Waals surface area contributed by atoms with Gasteiger partial charge in [0, 0.05) is 31.4 Å². The Labute approximate surface area is 200 Å². The van der Waals surface area contributed by atoms with Crippen molar-refractivity contribution in [2.24, 2.45) is 0 Å². The van der Waals surface area contributed by atoms with E-state index in [1.54, 1.807) is 13.3 Å². The van der Waals surface area contributed by atoms with Crippen LogP contribution in [0, 0.1) is 0 Å². The van der Waals surface area contributed by atoms with Crippen molar-refractivity contribution in [2.75, 3.05) is 31.6 Å². The Kier molecular flexibility index (Phi) is 6.70. The van der Waals surface area contributed by atoms with Crippen molar-refractivity contribution in [3.8, 4) is 11.5 Å². The molecule has 1 aromatic heterocycles. The number of ether oxygens (including phenoxy) is 2. The van der Waals surface area contributed by atoms with Crippen molar-refractivity contribution in [3.05, 3.63) is 72.4 Å². The first-order chi connectivity index (χ1) is 16.7. The Bertz CT molecular complexity index is 1080. The Balaban J connectivity index is 1.35. The molecule has 178 valence electrons. The van der Waals surface area contributed by atoms with Crippen LogP contribution in [0.1, 0.15) is 30.6 Å². The quantitative estimate of drug-likeness (QED) is 0.503. The van der Waals surface area contributed by atoms with Crippen molar-refractivity contribution < 1.29 is 18.7 Å². The molecule has 0 radical (unpaired) electrons. The predicted octanol–water partition coefficient (Wildman–Crippen LogP) is 4.12. The molecule has 5 rings (SSSR count). The molecule has 34 heavy (non-hydrogen) atoms. The molecule has 0 bridgehead atoms. The molecule has 1 saturated carbocycles. The molecule has 1 aliphatic heterocycles. The molecule has 1 aliphatic carbocycles. The first kappa shape index (κ1) is 22.3. The summed E-state index contributed by atoms with van der Waals surface area (Å²) in [5.74, 6) is 2.23. The van der Waals surface area contributed by atoms with Crippen LogP contribution in [0.15, 0.2) is 65.5 Å². The average molecular weight is 462 g/mol. The Hall–Kier alpha value is -3.48. The van der Waals surface area contributed by atoms with Crippen LogP contribution < -0.4 is 14.4 Å². The van der Waals surface area contributed by atoms with Crippen LogP contribution in [0.5, 0.6) is 11.5 Å². The van der Waals surface area contributed by atoms with Crippen LogP contribution >= 0.6 is 0 Å². The molecule has 1 atom stereocenters. The number of anilines is 1. The van der Waals surface area contributed by atoms with E-state index in [1.165, 1.54) is 18.4 Å². The van der Waals surface area contributed by atoms with Crippen molar-refractivity contribution in [3.63, 3.8) is 0 Å². The summed E-state index contributed by atoms with van der Waals surface area (Å²) in [6, 6.07) is 16.5. The van der Waals surface area contributed by atoms with Crippen molar-refractivity contribution in [2.45, 2.75) is 44.2 Å². The maximum absolute atomic E-state index is 13.2. The number of methoxy groups -OCH3 is 1. The zero-order valence-corrected chi connectivity index (χ0v) is 19.6. The van der Waals surface area contributed by atoms with Crippen LogP contribution in [0.3, 0.4) is 0 Å². The lowest BCUT2D eigenvalue weighted by atomic mass is 9.96. The topological polar surface area (TPSA) is 68.0 Å². The van der Waals surface area contributed by atoms with Gasteiger partial charge in [-0.1, -0.05) is 30.3 Å². The van der Waals surface area contributed by atoms with Gasteiger partial charge in [0.05, 0.1) is 31.9 Å². The molecule has 7 heteroatoms. The summed E-state index contributed by atoms with van der Waals surface area (Å²) in [4.78, 5) is 21.5. The van der Waals surface area contributed by atoms with E-state index in [9.17, 15) is 4.79 Å². The molecule has 0 spiro atoms. The summed E-state index contributed by atoms with van der Waals surface area (Å²) < 4.78 is 17.1. The molecule has 0 N–H and O–H groups in total. The lowest BCUT2D eigenvalue weighted by Crippen LogP contribution is -2.56. The van der Waals surface area contributed by atoms with Gasteiger partial charge in [0.1, 0.15) is 5.76 Å². The van der Waals surface area contributed by atoms with E-state index in [-0.39, 0.29) is 24.5 Å². The van der Waals surface area contributed by atoms with E-state index in [4.69, 9.17) is 13.9 Å². The summed E-state index contributed by atoms with van der Waals surface area (Å²) in [5, 5.41) is 0. The molecule has 1 amide bonds. The van der Waals surface area contributed by atoms with Gasteiger partial charge in [0.2, 0.25) is 5.91 Å². The lowest BCUT2D eigenvalue weighted by Gasteiger charge is -2.43. The minimum Gasteiger partial charge on any atom is -0.493 e. The first-order valence-corrected chi connectivity index (χ1v) is 12.0. The zero-order valence-electron chi connectivity index (χ0n) is 19.6. The molecule has 2 aromatic carbocycles. The predicted molar refractivity (Wildman–Crippen MR) is 129 cm³/mol. The lowest BCUT2D eigenvalue weighted by molar-refractivity contribution is -0.133. The van der Waals surface area contributed by atoms with Gasteiger partial charge < -0.3 is 23.7 Å². The molecular formula is C27H31N3O4. The van der Waals surface area contributed by atoms with Gasteiger partial charge in [-0.25, -0.2) is 4.98 Å². The third kappa shape index (κ3) is 5.03.